The Kier molecular flexibility index (Phi) is 7.77. The summed E-state index contributed by atoms with van der Waals surface area (Å²) in [6.45, 7) is 2.32. The lowest BCUT2D eigenvalue weighted by atomic mass is 9.99. The molecule has 1 atom stereocenters. The van der Waals surface area contributed by atoms with Crippen LogP contribution in [-0.2, 0) is 6.54 Å². The minimum Gasteiger partial charge on any atom is -0.478 e. The molecule has 0 fully saturated rings. The molecule has 5 nitrogen and oxygen atoms in total. The van der Waals surface area contributed by atoms with E-state index in [1.54, 1.807) is 18.2 Å². The average Bonchev–Trinajstić information content (AvgIpc) is 3.44. The molecule has 5 aromatic carbocycles. The molecule has 1 heterocycles. The third kappa shape index (κ3) is 5.85. The number of carboxylic acids is 1. The number of rotatable bonds is 8. The summed E-state index contributed by atoms with van der Waals surface area (Å²) >= 11 is 0. The highest BCUT2D eigenvalue weighted by Gasteiger charge is 2.20. The van der Waals surface area contributed by atoms with E-state index in [0.717, 1.165) is 39.8 Å². The van der Waals surface area contributed by atoms with Gasteiger partial charge >= 0.3 is 5.97 Å². The lowest BCUT2D eigenvalue weighted by Gasteiger charge is -2.17. The quantitative estimate of drug-likeness (QED) is 0.188. The number of carboxylic acid groups (broad SMARTS) is 1. The van der Waals surface area contributed by atoms with Crippen molar-refractivity contribution in [3.8, 4) is 22.3 Å². The molecule has 0 aliphatic heterocycles. The highest BCUT2D eigenvalue weighted by Crippen LogP contribution is 2.31. The second-order valence-corrected chi connectivity index (χ2v) is 10.7. The van der Waals surface area contributed by atoms with Crippen LogP contribution in [0.4, 0.5) is 8.78 Å². The maximum absolute atomic E-state index is 14.2. The lowest BCUT2D eigenvalue weighted by molar-refractivity contribution is 0.0696. The maximum atomic E-state index is 14.2. The van der Waals surface area contributed by atoms with Gasteiger partial charge in [-0.15, -0.1) is 0 Å². The van der Waals surface area contributed by atoms with E-state index in [1.807, 2.05) is 60.2 Å². The monoisotopic (exact) mass is 586 g/mol. The summed E-state index contributed by atoms with van der Waals surface area (Å²) in [5.74, 6) is -3.30. The normalized spacial score (nSPS) is 11.8. The van der Waals surface area contributed by atoms with Crippen molar-refractivity contribution < 1.29 is 23.5 Å². The van der Waals surface area contributed by atoms with Gasteiger partial charge in [0, 0.05) is 18.1 Å². The fraction of sp³-hybridized carbons (Fsp3) is 0.0811. The number of aromatic nitrogens is 1. The first-order valence-electron chi connectivity index (χ1n) is 14.1. The molecule has 0 aliphatic rings. The van der Waals surface area contributed by atoms with Gasteiger partial charge in [0.1, 0.15) is 0 Å². The summed E-state index contributed by atoms with van der Waals surface area (Å²) in [7, 11) is 0. The van der Waals surface area contributed by atoms with E-state index in [4.69, 9.17) is 0 Å². The zero-order chi connectivity index (χ0) is 30.8. The summed E-state index contributed by atoms with van der Waals surface area (Å²) in [6.07, 6.45) is 1.92. The highest BCUT2D eigenvalue weighted by atomic mass is 19.2. The Balaban J connectivity index is 1.39. The summed E-state index contributed by atoms with van der Waals surface area (Å²) in [6, 6.07) is 33.4. The van der Waals surface area contributed by atoms with Crippen molar-refractivity contribution in [3.63, 3.8) is 0 Å². The molecule has 0 saturated carbocycles. The van der Waals surface area contributed by atoms with Crippen molar-refractivity contribution in [3.05, 3.63) is 155 Å². The molecule has 2 N–H and O–H groups in total. The average molecular weight is 587 g/mol. The molecule has 44 heavy (non-hydrogen) atoms. The van der Waals surface area contributed by atoms with E-state index in [-0.39, 0.29) is 11.5 Å². The number of hydrogen-bond acceptors (Lipinski definition) is 2. The van der Waals surface area contributed by atoms with Crippen LogP contribution in [0.5, 0.6) is 0 Å². The largest absolute Gasteiger partial charge is 0.478 e. The zero-order valence-corrected chi connectivity index (χ0v) is 23.8. The van der Waals surface area contributed by atoms with Crippen LogP contribution < -0.4 is 5.32 Å². The lowest BCUT2D eigenvalue weighted by Crippen LogP contribution is -2.27. The van der Waals surface area contributed by atoms with Crippen LogP contribution in [0.3, 0.4) is 0 Å². The molecule has 0 saturated heterocycles. The smallest absolute Gasteiger partial charge is 0.335 e. The Morgan fingerprint density at radius 1 is 0.750 bits per heavy atom. The van der Waals surface area contributed by atoms with Gasteiger partial charge in [0.15, 0.2) is 11.6 Å². The Bertz CT molecular complexity index is 2000. The van der Waals surface area contributed by atoms with E-state index >= 15 is 0 Å². The number of benzene rings is 5. The van der Waals surface area contributed by atoms with Crippen LogP contribution in [0, 0.1) is 11.6 Å². The topological polar surface area (TPSA) is 71.3 Å². The number of aromatic carboxylic acids is 1. The predicted molar refractivity (Wildman–Crippen MR) is 168 cm³/mol. The van der Waals surface area contributed by atoms with Gasteiger partial charge in [-0.3, -0.25) is 4.79 Å². The van der Waals surface area contributed by atoms with Crippen LogP contribution in [-0.4, -0.2) is 21.6 Å². The molecule has 0 aliphatic carbocycles. The SMILES string of the molecule is C[C@H](NC(=O)c1cc(-c2ccc(F)c(F)c2)cc2ccn(Cc3cccc(-c4ccccc4)c3)c12)c1ccc(C(=O)O)cc1. The van der Waals surface area contributed by atoms with Crippen molar-refractivity contribution >= 4 is 22.8 Å². The standard InChI is InChI=1S/C37H28F2N2O3/c1-23(25-10-12-27(13-11-25)37(43)44)40-36(42)32-20-31(29-14-15-33(38)34(39)21-29)19-30-16-17-41(35(30)32)22-24-6-5-9-28(18-24)26-7-3-2-4-8-26/h2-21,23H,22H2,1H3,(H,40,42)(H,43,44)/t23-/m0/s1. The van der Waals surface area contributed by atoms with Gasteiger partial charge in [0.05, 0.1) is 22.7 Å². The van der Waals surface area contributed by atoms with Gasteiger partial charge in [-0.25, -0.2) is 13.6 Å². The van der Waals surface area contributed by atoms with E-state index in [2.05, 4.69) is 29.6 Å². The molecular formula is C37H28F2N2O3. The van der Waals surface area contributed by atoms with Crippen molar-refractivity contribution in [1.82, 2.24) is 9.88 Å². The van der Waals surface area contributed by atoms with E-state index < -0.39 is 23.6 Å². The third-order valence-corrected chi connectivity index (χ3v) is 7.75. The number of nitrogens with one attached hydrogen (secondary N) is 1. The highest BCUT2D eigenvalue weighted by molar-refractivity contribution is 6.08. The van der Waals surface area contributed by atoms with E-state index in [9.17, 15) is 23.5 Å². The molecule has 0 radical (unpaired) electrons. The number of nitrogens with zero attached hydrogens (tertiary/aromatic N) is 1. The summed E-state index contributed by atoms with van der Waals surface area (Å²) in [5, 5.41) is 13.0. The first kappa shape index (κ1) is 28.6. The van der Waals surface area contributed by atoms with Gasteiger partial charge in [-0.05, 0) is 88.8 Å². The van der Waals surface area contributed by atoms with Crippen LogP contribution in [0.25, 0.3) is 33.2 Å². The molecule has 6 aromatic rings. The second kappa shape index (κ2) is 12.0. The van der Waals surface area contributed by atoms with E-state index in [0.29, 0.717) is 28.8 Å². The maximum Gasteiger partial charge on any atom is 0.335 e. The van der Waals surface area contributed by atoms with Gasteiger partial charge in [0.2, 0.25) is 0 Å². The van der Waals surface area contributed by atoms with Gasteiger partial charge in [0.25, 0.3) is 5.91 Å². The Morgan fingerprint density at radius 2 is 1.48 bits per heavy atom. The van der Waals surface area contributed by atoms with Crippen molar-refractivity contribution in [2.24, 2.45) is 0 Å². The number of fused-ring (bicyclic) bond motifs is 1. The van der Waals surface area contributed by atoms with Crippen LogP contribution in [0.2, 0.25) is 0 Å². The second-order valence-electron chi connectivity index (χ2n) is 10.7. The molecule has 1 aromatic heterocycles. The number of halogens is 2. The van der Waals surface area contributed by atoms with Crippen LogP contribution in [0.1, 0.15) is 44.8 Å². The number of amides is 1. The minimum atomic E-state index is -1.03. The fourth-order valence-electron chi connectivity index (χ4n) is 5.45. The first-order valence-corrected chi connectivity index (χ1v) is 14.1. The first-order chi connectivity index (χ1) is 21.3. The zero-order valence-electron chi connectivity index (χ0n) is 23.8. The molecule has 0 unspecified atom stereocenters. The van der Waals surface area contributed by atoms with Gasteiger partial charge in [-0.2, -0.15) is 0 Å². The van der Waals surface area contributed by atoms with Gasteiger partial charge in [-0.1, -0.05) is 66.7 Å². The van der Waals surface area contributed by atoms with E-state index in [1.165, 1.54) is 18.2 Å². The summed E-state index contributed by atoms with van der Waals surface area (Å²) in [5.41, 5.74) is 6.23. The van der Waals surface area contributed by atoms with Crippen LogP contribution in [0.15, 0.2) is 121 Å². The fourth-order valence-corrected chi connectivity index (χ4v) is 5.45. The minimum absolute atomic E-state index is 0.155. The third-order valence-electron chi connectivity index (χ3n) is 7.75. The van der Waals surface area contributed by atoms with Gasteiger partial charge < -0.3 is 15.0 Å². The number of hydrogen-bond donors (Lipinski definition) is 2. The molecule has 218 valence electrons. The molecule has 6 rings (SSSR count). The molecule has 7 heteroatoms. The summed E-state index contributed by atoms with van der Waals surface area (Å²) < 4.78 is 29.9. The Labute approximate surface area is 253 Å². The molecular weight excluding hydrogens is 558 g/mol. The number of carbonyl (C=O) groups is 2. The van der Waals surface area contributed by atoms with Crippen molar-refractivity contribution in [1.29, 1.82) is 0 Å². The Hall–Kier alpha value is -5.56. The van der Waals surface area contributed by atoms with Crippen LogP contribution >= 0.6 is 0 Å². The predicted octanol–water partition coefficient (Wildman–Crippen LogP) is 8.49. The Morgan fingerprint density at radius 3 is 2.20 bits per heavy atom. The van der Waals surface area contributed by atoms with Crippen molar-refractivity contribution in [2.75, 3.05) is 0 Å². The number of carbonyl (C=O) groups excluding carboxylic acids is 1. The molecule has 0 spiro atoms. The summed E-state index contributed by atoms with van der Waals surface area (Å²) in [4.78, 5) is 25.2. The molecule has 0 bridgehead atoms. The molecule has 1 amide bonds. The van der Waals surface area contributed by atoms with Crippen molar-refractivity contribution in [2.45, 2.75) is 19.5 Å².